The first-order valence-corrected chi connectivity index (χ1v) is 9.53. The van der Waals surface area contributed by atoms with Gasteiger partial charge in [0.2, 0.25) is 5.91 Å². The number of nitriles is 1. The number of aromatic nitrogens is 2. The first kappa shape index (κ1) is 20.3. The number of carbonyl (C=O) groups excluding carboxylic acids is 2. The molecule has 1 aromatic carbocycles. The molecule has 3 heterocycles. The number of hydrogen-bond acceptors (Lipinski definition) is 5. The Kier molecular flexibility index (Phi) is 5.29. The minimum Gasteiger partial charge on any atom is -0.343 e. The number of amides is 2. The summed E-state index contributed by atoms with van der Waals surface area (Å²) < 4.78 is 27.2. The highest BCUT2D eigenvalue weighted by Gasteiger charge is 2.47. The summed E-state index contributed by atoms with van der Waals surface area (Å²) >= 11 is 0. The van der Waals surface area contributed by atoms with Crippen LogP contribution in [0, 0.1) is 11.3 Å². The number of halogens is 2. The van der Waals surface area contributed by atoms with Gasteiger partial charge in [0, 0.05) is 36.0 Å². The Morgan fingerprint density at radius 1 is 1.19 bits per heavy atom. The van der Waals surface area contributed by atoms with Crippen LogP contribution in [-0.4, -0.2) is 51.7 Å². The molecule has 0 saturated carbocycles. The minimum absolute atomic E-state index is 0.280. The predicted octanol–water partition coefficient (Wildman–Crippen LogP) is 2.79. The molecule has 0 spiro atoms. The third kappa shape index (κ3) is 4.05. The molecule has 1 aliphatic heterocycles. The molecule has 1 atom stereocenters. The van der Waals surface area contributed by atoms with E-state index in [0.29, 0.717) is 5.56 Å². The number of benzene rings is 1. The van der Waals surface area contributed by atoms with Crippen LogP contribution in [0.2, 0.25) is 0 Å². The minimum atomic E-state index is -3.11. The summed E-state index contributed by atoms with van der Waals surface area (Å²) in [7, 11) is 0. The summed E-state index contributed by atoms with van der Waals surface area (Å²) in [5.74, 6) is -4.39. The van der Waals surface area contributed by atoms with Crippen LogP contribution in [0.3, 0.4) is 0 Å². The Labute approximate surface area is 176 Å². The molecule has 0 aliphatic carbocycles. The van der Waals surface area contributed by atoms with E-state index in [9.17, 15) is 18.4 Å². The van der Waals surface area contributed by atoms with Crippen LogP contribution in [0.25, 0.3) is 22.0 Å². The Morgan fingerprint density at radius 2 is 2.00 bits per heavy atom. The second-order valence-corrected chi connectivity index (χ2v) is 7.21. The second-order valence-electron chi connectivity index (χ2n) is 7.21. The zero-order valence-electron chi connectivity index (χ0n) is 16.3. The first-order valence-electron chi connectivity index (χ1n) is 9.53. The van der Waals surface area contributed by atoms with Gasteiger partial charge in [-0.1, -0.05) is 18.2 Å². The standard InChI is InChI=1S/C22H17F2N5O2/c23-22(24)9-14(10-25)29(13-22)20(30)12-28-21(31)17-5-7-26-11-18(17)15-6-8-27-19-4-2-1-3-16(15)19/h1-8,11,14H,9,12-13H2,(H,28,31). The number of para-hydroxylation sites is 1. The molecule has 4 rings (SSSR count). The van der Waals surface area contributed by atoms with Crippen molar-refractivity contribution in [3.8, 4) is 17.2 Å². The average Bonchev–Trinajstić information content (AvgIpc) is 3.11. The Hall–Kier alpha value is -3.93. The van der Waals surface area contributed by atoms with Gasteiger partial charge >= 0.3 is 0 Å². The summed E-state index contributed by atoms with van der Waals surface area (Å²) in [6.07, 6.45) is 3.93. The topological polar surface area (TPSA) is 99.0 Å². The molecular weight excluding hydrogens is 404 g/mol. The summed E-state index contributed by atoms with van der Waals surface area (Å²) in [6.45, 7) is -1.32. The molecule has 0 bridgehead atoms. The molecule has 1 fully saturated rings. The van der Waals surface area contributed by atoms with Gasteiger partial charge in [0.15, 0.2) is 0 Å². The zero-order chi connectivity index (χ0) is 22.0. The fraction of sp³-hybridized carbons (Fsp3) is 0.227. The lowest BCUT2D eigenvalue weighted by molar-refractivity contribution is -0.131. The maximum atomic E-state index is 13.6. The number of likely N-dealkylation sites (tertiary alicyclic amines) is 1. The molecule has 0 radical (unpaired) electrons. The van der Waals surface area contributed by atoms with E-state index in [1.807, 2.05) is 24.3 Å². The Bertz CT molecular complexity index is 1200. The van der Waals surface area contributed by atoms with Crippen molar-refractivity contribution < 1.29 is 18.4 Å². The first-order chi connectivity index (χ1) is 14.9. The van der Waals surface area contributed by atoms with Crippen LogP contribution in [0.15, 0.2) is 55.0 Å². The van der Waals surface area contributed by atoms with Crippen LogP contribution >= 0.6 is 0 Å². The number of fused-ring (bicyclic) bond motifs is 1. The van der Waals surface area contributed by atoms with Crippen molar-refractivity contribution in [2.75, 3.05) is 13.1 Å². The molecule has 2 aromatic heterocycles. The van der Waals surface area contributed by atoms with Crippen molar-refractivity contribution in [3.63, 3.8) is 0 Å². The van der Waals surface area contributed by atoms with Crippen molar-refractivity contribution in [2.24, 2.45) is 0 Å². The molecule has 156 valence electrons. The van der Waals surface area contributed by atoms with E-state index < -0.39 is 43.3 Å². The normalized spacial score (nSPS) is 17.3. The highest BCUT2D eigenvalue weighted by Crippen LogP contribution is 2.32. The second kappa shape index (κ2) is 8.07. The molecule has 1 N–H and O–H groups in total. The lowest BCUT2D eigenvalue weighted by Crippen LogP contribution is -2.43. The number of carbonyl (C=O) groups is 2. The third-order valence-corrected chi connectivity index (χ3v) is 5.14. The van der Waals surface area contributed by atoms with Crippen LogP contribution in [0.4, 0.5) is 8.78 Å². The number of hydrogen-bond donors (Lipinski definition) is 1. The fourth-order valence-corrected chi connectivity index (χ4v) is 3.68. The van der Waals surface area contributed by atoms with E-state index in [4.69, 9.17) is 5.26 Å². The van der Waals surface area contributed by atoms with Crippen molar-refractivity contribution in [3.05, 3.63) is 60.6 Å². The molecule has 1 saturated heterocycles. The van der Waals surface area contributed by atoms with Crippen LogP contribution in [0.1, 0.15) is 16.8 Å². The molecule has 9 heteroatoms. The van der Waals surface area contributed by atoms with Gasteiger partial charge in [0.25, 0.3) is 11.8 Å². The largest absolute Gasteiger partial charge is 0.343 e. The smallest absolute Gasteiger partial charge is 0.268 e. The van der Waals surface area contributed by atoms with Crippen LogP contribution in [0.5, 0.6) is 0 Å². The molecule has 1 unspecified atom stereocenters. The molecule has 7 nitrogen and oxygen atoms in total. The number of rotatable bonds is 4. The van der Waals surface area contributed by atoms with Gasteiger partial charge in [-0.05, 0) is 23.8 Å². The van der Waals surface area contributed by atoms with E-state index in [0.717, 1.165) is 21.4 Å². The summed E-state index contributed by atoms with van der Waals surface area (Å²) in [4.78, 5) is 34.4. The summed E-state index contributed by atoms with van der Waals surface area (Å²) in [5, 5.41) is 12.4. The number of pyridine rings is 2. The van der Waals surface area contributed by atoms with E-state index in [1.54, 1.807) is 24.5 Å². The van der Waals surface area contributed by atoms with Crippen molar-refractivity contribution in [1.29, 1.82) is 5.26 Å². The van der Waals surface area contributed by atoms with E-state index >= 15 is 0 Å². The van der Waals surface area contributed by atoms with Gasteiger partial charge < -0.3 is 10.2 Å². The van der Waals surface area contributed by atoms with Gasteiger partial charge in [-0.25, -0.2) is 8.78 Å². The number of nitrogens with one attached hydrogen (secondary N) is 1. The van der Waals surface area contributed by atoms with Gasteiger partial charge in [0.05, 0.1) is 30.2 Å². The highest BCUT2D eigenvalue weighted by molar-refractivity contribution is 6.05. The maximum Gasteiger partial charge on any atom is 0.268 e. The molecule has 1 aliphatic rings. The molecule has 2 amide bonds. The van der Waals surface area contributed by atoms with Crippen molar-refractivity contribution in [1.82, 2.24) is 20.2 Å². The highest BCUT2D eigenvalue weighted by atomic mass is 19.3. The van der Waals surface area contributed by atoms with Crippen LogP contribution in [-0.2, 0) is 4.79 Å². The fourth-order valence-electron chi connectivity index (χ4n) is 3.68. The molecular formula is C22H17F2N5O2. The lowest BCUT2D eigenvalue weighted by atomic mass is 9.98. The monoisotopic (exact) mass is 421 g/mol. The summed E-state index contributed by atoms with van der Waals surface area (Å²) in [6, 6.07) is 11.2. The SMILES string of the molecule is N#CC1CC(F)(F)CN1C(=O)CNC(=O)c1ccncc1-c1ccnc2ccccc12. The average molecular weight is 421 g/mol. The van der Waals surface area contributed by atoms with Crippen molar-refractivity contribution in [2.45, 2.75) is 18.4 Å². The van der Waals surface area contributed by atoms with Gasteiger partial charge in [-0.2, -0.15) is 5.26 Å². The van der Waals surface area contributed by atoms with Gasteiger partial charge in [0.1, 0.15) is 6.04 Å². The number of alkyl halides is 2. The Balaban J connectivity index is 1.56. The van der Waals surface area contributed by atoms with E-state index in [-0.39, 0.29) is 5.56 Å². The summed E-state index contributed by atoms with van der Waals surface area (Å²) in [5.41, 5.74) is 2.33. The van der Waals surface area contributed by atoms with Crippen LogP contribution < -0.4 is 5.32 Å². The zero-order valence-corrected chi connectivity index (χ0v) is 16.3. The predicted molar refractivity (Wildman–Crippen MR) is 108 cm³/mol. The van der Waals surface area contributed by atoms with Gasteiger partial charge in [-0.3, -0.25) is 19.6 Å². The van der Waals surface area contributed by atoms with E-state index in [2.05, 4.69) is 15.3 Å². The number of nitrogens with zero attached hydrogens (tertiary/aromatic N) is 4. The Morgan fingerprint density at radius 3 is 2.81 bits per heavy atom. The molecule has 3 aromatic rings. The quantitative estimate of drug-likeness (QED) is 0.699. The maximum absolute atomic E-state index is 13.6. The lowest BCUT2D eigenvalue weighted by Gasteiger charge is -2.19. The third-order valence-electron chi connectivity index (χ3n) is 5.14. The van der Waals surface area contributed by atoms with Crippen molar-refractivity contribution >= 4 is 22.7 Å². The van der Waals surface area contributed by atoms with Gasteiger partial charge in [-0.15, -0.1) is 0 Å². The van der Waals surface area contributed by atoms with E-state index in [1.165, 1.54) is 12.3 Å². The molecule has 31 heavy (non-hydrogen) atoms.